The van der Waals surface area contributed by atoms with E-state index in [9.17, 15) is 0 Å². The SMILES string of the molecule is CCc1ccc(CNOCc2ccccc2)o1. The number of nitrogens with one attached hydrogen (secondary N) is 1. The van der Waals surface area contributed by atoms with Crippen LogP contribution in [0.4, 0.5) is 0 Å². The van der Waals surface area contributed by atoms with E-state index in [1.165, 1.54) is 0 Å². The number of aryl methyl sites for hydroxylation is 1. The molecule has 2 aromatic rings. The molecule has 1 aromatic carbocycles. The van der Waals surface area contributed by atoms with Gasteiger partial charge >= 0.3 is 0 Å². The quantitative estimate of drug-likeness (QED) is 0.613. The van der Waals surface area contributed by atoms with Gasteiger partial charge in [-0.05, 0) is 17.7 Å². The number of furan rings is 1. The summed E-state index contributed by atoms with van der Waals surface area (Å²) in [5.74, 6) is 1.90. The molecule has 0 bridgehead atoms. The summed E-state index contributed by atoms with van der Waals surface area (Å²) in [5.41, 5.74) is 4.04. The van der Waals surface area contributed by atoms with Crippen LogP contribution in [-0.4, -0.2) is 0 Å². The molecule has 0 spiro atoms. The highest BCUT2D eigenvalue weighted by Gasteiger charge is 1.99. The van der Waals surface area contributed by atoms with Crippen molar-refractivity contribution in [2.24, 2.45) is 0 Å². The molecular formula is C14H17NO2. The van der Waals surface area contributed by atoms with Crippen LogP contribution in [0.2, 0.25) is 0 Å². The maximum atomic E-state index is 5.54. The van der Waals surface area contributed by atoms with Crippen molar-refractivity contribution in [3.05, 3.63) is 59.5 Å². The highest BCUT2D eigenvalue weighted by Crippen LogP contribution is 2.08. The molecule has 0 radical (unpaired) electrons. The zero-order valence-electron chi connectivity index (χ0n) is 9.98. The molecule has 0 amide bonds. The highest BCUT2D eigenvalue weighted by atomic mass is 16.6. The van der Waals surface area contributed by atoms with Gasteiger partial charge in [0, 0.05) is 6.42 Å². The molecule has 0 aliphatic carbocycles. The normalized spacial score (nSPS) is 10.6. The van der Waals surface area contributed by atoms with Crippen LogP contribution in [0.5, 0.6) is 0 Å². The standard InChI is InChI=1S/C14H17NO2/c1-2-13-8-9-14(17-13)10-15-16-11-12-6-4-3-5-7-12/h3-9,15H,2,10-11H2,1H3. The van der Waals surface area contributed by atoms with E-state index < -0.39 is 0 Å². The molecule has 2 rings (SSSR count). The first kappa shape index (κ1) is 11.9. The Balaban J connectivity index is 1.69. The summed E-state index contributed by atoms with van der Waals surface area (Å²) in [5, 5.41) is 0. The van der Waals surface area contributed by atoms with Gasteiger partial charge in [0.05, 0.1) is 13.2 Å². The van der Waals surface area contributed by atoms with Crippen LogP contribution >= 0.6 is 0 Å². The third-order valence-electron chi connectivity index (χ3n) is 2.50. The van der Waals surface area contributed by atoms with Gasteiger partial charge < -0.3 is 4.42 Å². The predicted octanol–water partition coefficient (Wildman–Crippen LogP) is 3.06. The predicted molar refractivity (Wildman–Crippen MR) is 66.2 cm³/mol. The Labute approximate surface area is 101 Å². The van der Waals surface area contributed by atoms with Crippen LogP contribution in [0.3, 0.4) is 0 Å². The van der Waals surface area contributed by atoms with Gasteiger partial charge in [0.15, 0.2) is 0 Å². The van der Waals surface area contributed by atoms with Crippen LogP contribution in [-0.2, 0) is 24.4 Å². The van der Waals surface area contributed by atoms with Crippen molar-refractivity contribution in [2.75, 3.05) is 0 Å². The van der Waals surface area contributed by atoms with Gasteiger partial charge in [0.25, 0.3) is 0 Å². The molecule has 0 aliphatic rings. The summed E-state index contributed by atoms with van der Waals surface area (Å²) in [6.07, 6.45) is 0.922. The summed E-state index contributed by atoms with van der Waals surface area (Å²) >= 11 is 0. The number of hydrogen-bond donors (Lipinski definition) is 1. The zero-order valence-corrected chi connectivity index (χ0v) is 9.98. The number of rotatable bonds is 6. The van der Waals surface area contributed by atoms with Crippen LogP contribution < -0.4 is 5.48 Å². The molecule has 1 aromatic heterocycles. The Morgan fingerprint density at radius 3 is 2.53 bits per heavy atom. The van der Waals surface area contributed by atoms with E-state index in [0.717, 1.165) is 23.5 Å². The maximum absolute atomic E-state index is 5.54. The van der Waals surface area contributed by atoms with Crippen molar-refractivity contribution in [3.8, 4) is 0 Å². The summed E-state index contributed by atoms with van der Waals surface area (Å²) < 4.78 is 5.54. The van der Waals surface area contributed by atoms with Crippen LogP contribution in [0.1, 0.15) is 24.0 Å². The Kier molecular flexibility index (Phi) is 4.36. The van der Waals surface area contributed by atoms with E-state index in [1.807, 2.05) is 42.5 Å². The molecule has 3 nitrogen and oxygen atoms in total. The van der Waals surface area contributed by atoms with Gasteiger partial charge in [-0.25, -0.2) is 0 Å². The molecule has 90 valence electrons. The second-order valence-corrected chi connectivity index (χ2v) is 3.82. The fourth-order valence-corrected chi connectivity index (χ4v) is 1.54. The third kappa shape index (κ3) is 3.73. The summed E-state index contributed by atoms with van der Waals surface area (Å²) in [4.78, 5) is 5.36. The molecule has 3 heteroatoms. The van der Waals surface area contributed by atoms with Crippen LogP contribution in [0.15, 0.2) is 46.9 Å². The van der Waals surface area contributed by atoms with E-state index in [2.05, 4.69) is 12.4 Å². The fraction of sp³-hybridized carbons (Fsp3) is 0.286. The average molecular weight is 231 g/mol. The smallest absolute Gasteiger partial charge is 0.120 e. The first-order valence-corrected chi connectivity index (χ1v) is 5.84. The van der Waals surface area contributed by atoms with Gasteiger partial charge in [0.2, 0.25) is 0 Å². The van der Waals surface area contributed by atoms with Crippen LogP contribution in [0, 0.1) is 0 Å². The molecule has 1 N–H and O–H groups in total. The highest BCUT2D eigenvalue weighted by molar-refractivity contribution is 5.13. The van der Waals surface area contributed by atoms with Gasteiger partial charge in [-0.15, -0.1) is 0 Å². The summed E-state index contributed by atoms with van der Waals surface area (Å²) in [6, 6.07) is 14.0. The maximum Gasteiger partial charge on any atom is 0.120 e. The minimum absolute atomic E-state index is 0.558. The average Bonchev–Trinajstić information content (AvgIpc) is 2.84. The Morgan fingerprint density at radius 1 is 1.06 bits per heavy atom. The topological polar surface area (TPSA) is 34.4 Å². The van der Waals surface area contributed by atoms with E-state index in [-0.39, 0.29) is 0 Å². The van der Waals surface area contributed by atoms with Crippen molar-refractivity contribution in [2.45, 2.75) is 26.5 Å². The summed E-state index contributed by atoms with van der Waals surface area (Å²) in [7, 11) is 0. The lowest BCUT2D eigenvalue weighted by molar-refractivity contribution is 0.0200. The minimum atomic E-state index is 0.558. The molecule has 0 unspecified atom stereocenters. The van der Waals surface area contributed by atoms with Crippen molar-refractivity contribution in [1.82, 2.24) is 5.48 Å². The number of hydrogen-bond acceptors (Lipinski definition) is 3. The molecule has 0 fully saturated rings. The lowest BCUT2D eigenvalue weighted by Crippen LogP contribution is -2.13. The molecule has 17 heavy (non-hydrogen) atoms. The first-order chi connectivity index (χ1) is 8.38. The lowest BCUT2D eigenvalue weighted by atomic mass is 10.2. The van der Waals surface area contributed by atoms with Gasteiger partial charge in [-0.1, -0.05) is 37.3 Å². The molecule has 0 saturated heterocycles. The Morgan fingerprint density at radius 2 is 1.82 bits per heavy atom. The van der Waals surface area contributed by atoms with Gasteiger partial charge in [-0.2, -0.15) is 5.48 Å². The first-order valence-electron chi connectivity index (χ1n) is 5.84. The summed E-state index contributed by atoms with van der Waals surface area (Å²) in [6.45, 7) is 3.22. The molecule has 0 atom stereocenters. The van der Waals surface area contributed by atoms with Gasteiger partial charge in [0.1, 0.15) is 11.5 Å². The molecule has 0 saturated carbocycles. The second-order valence-electron chi connectivity index (χ2n) is 3.82. The van der Waals surface area contributed by atoms with E-state index >= 15 is 0 Å². The van der Waals surface area contributed by atoms with E-state index in [0.29, 0.717) is 13.2 Å². The van der Waals surface area contributed by atoms with Crippen molar-refractivity contribution in [3.63, 3.8) is 0 Å². The zero-order chi connectivity index (χ0) is 11.9. The lowest BCUT2D eigenvalue weighted by Gasteiger charge is -2.04. The van der Waals surface area contributed by atoms with Gasteiger partial charge in [-0.3, -0.25) is 4.84 Å². The van der Waals surface area contributed by atoms with E-state index in [4.69, 9.17) is 9.25 Å². The number of benzene rings is 1. The molecule has 1 heterocycles. The number of hydroxylamine groups is 1. The van der Waals surface area contributed by atoms with Crippen molar-refractivity contribution < 1.29 is 9.25 Å². The third-order valence-corrected chi connectivity index (χ3v) is 2.50. The Hall–Kier alpha value is -1.58. The fourth-order valence-electron chi connectivity index (χ4n) is 1.54. The molecular weight excluding hydrogens is 214 g/mol. The molecule has 0 aliphatic heterocycles. The van der Waals surface area contributed by atoms with Crippen LogP contribution in [0.25, 0.3) is 0 Å². The largest absolute Gasteiger partial charge is 0.465 e. The van der Waals surface area contributed by atoms with Crippen molar-refractivity contribution >= 4 is 0 Å². The second kappa shape index (κ2) is 6.23. The Bertz CT molecular complexity index is 436. The van der Waals surface area contributed by atoms with Crippen molar-refractivity contribution in [1.29, 1.82) is 0 Å². The minimum Gasteiger partial charge on any atom is -0.465 e. The monoisotopic (exact) mass is 231 g/mol. The van der Waals surface area contributed by atoms with E-state index in [1.54, 1.807) is 0 Å².